The minimum atomic E-state index is 0.197. The van der Waals surface area contributed by atoms with Gasteiger partial charge in [0, 0.05) is 10.6 Å². The number of hydrogen-bond donors (Lipinski definition) is 1. The van der Waals surface area contributed by atoms with Crippen LogP contribution in [0.4, 0.5) is 0 Å². The van der Waals surface area contributed by atoms with E-state index in [9.17, 15) is 0 Å². The largest absolute Gasteiger partial charge is 0.312 e. The Morgan fingerprint density at radius 3 is 2.57 bits per heavy atom. The van der Waals surface area contributed by atoms with Crippen LogP contribution in [0.15, 0.2) is 24.3 Å². The van der Waals surface area contributed by atoms with Crippen LogP contribution < -0.4 is 5.32 Å². The Labute approximate surface area is 135 Å². The summed E-state index contributed by atoms with van der Waals surface area (Å²) in [6.07, 6.45) is 8.22. The average Bonchev–Trinajstić information content (AvgIpc) is 2.88. The minimum Gasteiger partial charge on any atom is -0.312 e. The summed E-state index contributed by atoms with van der Waals surface area (Å²) < 4.78 is 0. The zero-order valence-electron chi connectivity index (χ0n) is 13.8. The highest BCUT2D eigenvalue weighted by atomic mass is 35.5. The van der Waals surface area contributed by atoms with Crippen LogP contribution in [0.1, 0.15) is 58.4 Å². The molecule has 1 unspecified atom stereocenters. The molecule has 118 valence electrons. The molecule has 0 radical (unpaired) electrons. The molecule has 1 aliphatic carbocycles. The van der Waals surface area contributed by atoms with Crippen LogP contribution in [0.25, 0.3) is 0 Å². The molecule has 21 heavy (non-hydrogen) atoms. The first-order chi connectivity index (χ1) is 9.92. The van der Waals surface area contributed by atoms with Crippen molar-refractivity contribution in [2.45, 2.75) is 64.8 Å². The third kappa shape index (κ3) is 6.40. The summed E-state index contributed by atoms with van der Waals surface area (Å²) >= 11 is 6.13. The van der Waals surface area contributed by atoms with Gasteiger partial charge in [-0.05, 0) is 69.7 Å². The molecule has 0 spiro atoms. The van der Waals surface area contributed by atoms with Gasteiger partial charge in [-0.1, -0.05) is 49.4 Å². The lowest BCUT2D eigenvalue weighted by Gasteiger charge is -2.27. The van der Waals surface area contributed by atoms with E-state index in [-0.39, 0.29) is 5.54 Å². The summed E-state index contributed by atoms with van der Waals surface area (Å²) in [6, 6.07) is 8.37. The van der Waals surface area contributed by atoms with Crippen molar-refractivity contribution in [2.24, 2.45) is 11.8 Å². The highest BCUT2D eigenvalue weighted by Crippen LogP contribution is 2.31. The van der Waals surface area contributed by atoms with Gasteiger partial charge in [0.25, 0.3) is 0 Å². The van der Waals surface area contributed by atoms with Gasteiger partial charge in [0.2, 0.25) is 0 Å². The van der Waals surface area contributed by atoms with E-state index in [1.165, 1.54) is 37.7 Å². The molecule has 0 aromatic heterocycles. The second kappa shape index (κ2) is 7.65. The van der Waals surface area contributed by atoms with E-state index in [0.717, 1.165) is 23.9 Å². The van der Waals surface area contributed by atoms with Crippen molar-refractivity contribution >= 4 is 11.6 Å². The fraction of sp³-hybridized carbons (Fsp3) is 0.684. The van der Waals surface area contributed by atoms with Crippen LogP contribution in [-0.2, 0) is 6.42 Å². The molecule has 0 aliphatic heterocycles. The number of nitrogens with one attached hydrogen (secondary N) is 1. The zero-order valence-corrected chi connectivity index (χ0v) is 14.5. The normalized spacial score (nSPS) is 18.1. The molecule has 1 atom stereocenters. The topological polar surface area (TPSA) is 12.0 Å². The van der Waals surface area contributed by atoms with Gasteiger partial charge in [0.1, 0.15) is 0 Å². The monoisotopic (exact) mass is 307 g/mol. The van der Waals surface area contributed by atoms with Crippen LogP contribution in [-0.4, -0.2) is 12.1 Å². The maximum absolute atomic E-state index is 6.13. The molecule has 1 aliphatic rings. The summed E-state index contributed by atoms with van der Waals surface area (Å²) in [6.45, 7) is 7.85. The summed E-state index contributed by atoms with van der Waals surface area (Å²) in [5.74, 6) is 1.65. The third-order valence-electron chi connectivity index (χ3n) is 4.48. The van der Waals surface area contributed by atoms with E-state index in [4.69, 9.17) is 11.6 Å². The Hall–Kier alpha value is -0.530. The van der Waals surface area contributed by atoms with E-state index in [1.54, 1.807) is 0 Å². The highest BCUT2D eigenvalue weighted by molar-refractivity contribution is 6.30. The molecule has 2 rings (SSSR count). The standard InChI is InChI=1S/C19H30ClN/c1-19(2,3)21-14-17(11-15-7-4-5-8-15)12-16-9-6-10-18(20)13-16/h6,9-10,13,15,17,21H,4-5,7-8,11-12,14H2,1-3H3. The van der Waals surface area contributed by atoms with E-state index in [1.807, 2.05) is 6.07 Å². The molecule has 1 aromatic carbocycles. The van der Waals surface area contributed by atoms with Crippen molar-refractivity contribution in [2.75, 3.05) is 6.54 Å². The molecule has 1 fully saturated rings. The van der Waals surface area contributed by atoms with Gasteiger partial charge < -0.3 is 5.32 Å². The average molecular weight is 308 g/mol. The SMILES string of the molecule is CC(C)(C)NCC(Cc1cccc(Cl)c1)CC1CCCC1. The van der Waals surface area contributed by atoms with Crippen LogP contribution in [0.3, 0.4) is 0 Å². The molecule has 1 aromatic rings. The van der Waals surface area contributed by atoms with Crippen molar-refractivity contribution in [3.8, 4) is 0 Å². The van der Waals surface area contributed by atoms with E-state index in [2.05, 4.69) is 44.3 Å². The summed E-state index contributed by atoms with van der Waals surface area (Å²) in [7, 11) is 0. The number of hydrogen-bond acceptors (Lipinski definition) is 1. The van der Waals surface area contributed by atoms with Crippen LogP contribution >= 0.6 is 11.6 Å². The van der Waals surface area contributed by atoms with Gasteiger partial charge in [-0.2, -0.15) is 0 Å². The van der Waals surface area contributed by atoms with Gasteiger partial charge in [-0.3, -0.25) is 0 Å². The first kappa shape index (κ1) is 16.8. The molecule has 1 nitrogen and oxygen atoms in total. The Morgan fingerprint density at radius 2 is 1.95 bits per heavy atom. The predicted molar refractivity (Wildman–Crippen MR) is 93.0 cm³/mol. The van der Waals surface area contributed by atoms with Crippen molar-refractivity contribution in [1.82, 2.24) is 5.32 Å². The van der Waals surface area contributed by atoms with Crippen LogP contribution in [0.2, 0.25) is 5.02 Å². The molecule has 0 heterocycles. The van der Waals surface area contributed by atoms with Crippen molar-refractivity contribution < 1.29 is 0 Å². The first-order valence-electron chi connectivity index (χ1n) is 8.42. The van der Waals surface area contributed by atoms with Gasteiger partial charge >= 0.3 is 0 Å². The maximum atomic E-state index is 6.13. The van der Waals surface area contributed by atoms with Crippen molar-refractivity contribution in [3.05, 3.63) is 34.9 Å². The van der Waals surface area contributed by atoms with Gasteiger partial charge in [0.15, 0.2) is 0 Å². The Bertz CT molecular complexity index is 429. The maximum Gasteiger partial charge on any atom is 0.0408 e. The lowest BCUT2D eigenvalue weighted by Crippen LogP contribution is -2.40. The Morgan fingerprint density at radius 1 is 1.24 bits per heavy atom. The van der Waals surface area contributed by atoms with E-state index >= 15 is 0 Å². The molecule has 2 heteroatoms. The van der Waals surface area contributed by atoms with Crippen LogP contribution in [0, 0.1) is 11.8 Å². The molecule has 1 saturated carbocycles. The van der Waals surface area contributed by atoms with Crippen LogP contribution in [0.5, 0.6) is 0 Å². The number of rotatable bonds is 6. The molecule has 0 amide bonds. The molecular weight excluding hydrogens is 278 g/mol. The molecular formula is C19H30ClN. The van der Waals surface area contributed by atoms with E-state index < -0.39 is 0 Å². The Kier molecular flexibility index (Phi) is 6.13. The Balaban J connectivity index is 1.96. The second-order valence-electron chi connectivity index (χ2n) is 7.72. The lowest BCUT2D eigenvalue weighted by atomic mass is 9.88. The number of halogens is 1. The summed E-state index contributed by atoms with van der Waals surface area (Å²) in [5.41, 5.74) is 1.57. The lowest BCUT2D eigenvalue weighted by molar-refractivity contribution is 0.317. The fourth-order valence-corrected chi connectivity index (χ4v) is 3.62. The van der Waals surface area contributed by atoms with Gasteiger partial charge in [-0.15, -0.1) is 0 Å². The van der Waals surface area contributed by atoms with Gasteiger partial charge in [-0.25, -0.2) is 0 Å². The third-order valence-corrected chi connectivity index (χ3v) is 4.71. The van der Waals surface area contributed by atoms with Crippen molar-refractivity contribution in [3.63, 3.8) is 0 Å². The number of benzene rings is 1. The molecule has 1 N–H and O–H groups in total. The molecule has 0 bridgehead atoms. The second-order valence-corrected chi connectivity index (χ2v) is 8.15. The van der Waals surface area contributed by atoms with Gasteiger partial charge in [0.05, 0.1) is 0 Å². The van der Waals surface area contributed by atoms with Crippen molar-refractivity contribution in [1.29, 1.82) is 0 Å². The molecule has 0 saturated heterocycles. The first-order valence-corrected chi connectivity index (χ1v) is 8.79. The fourth-order valence-electron chi connectivity index (χ4n) is 3.40. The van der Waals surface area contributed by atoms with E-state index in [0.29, 0.717) is 5.92 Å². The predicted octanol–water partition coefficient (Wildman–Crippen LogP) is 5.47. The zero-order chi connectivity index (χ0) is 15.3. The summed E-state index contributed by atoms with van der Waals surface area (Å²) in [4.78, 5) is 0. The highest BCUT2D eigenvalue weighted by Gasteiger charge is 2.22. The summed E-state index contributed by atoms with van der Waals surface area (Å²) in [5, 5.41) is 4.56. The minimum absolute atomic E-state index is 0.197. The quantitative estimate of drug-likeness (QED) is 0.735. The smallest absolute Gasteiger partial charge is 0.0408 e.